The van der Waals surface area contributed by atoms with E-state index in [0.717, 1.165) is 5.56 Å². The van der Waals surface area contributed by atoms with Gasteiger partial charge in [-0.05, 0) is 23.3 Å². The van der Waals surface area contributed by atoms with Crippen LogP contribution >= 0.6 is 0 Å². The molecule has 0 amide bonds. The molecule has 0 radical (unpaired) electrons. The highest BCUT2D eigenvalue weighted by molar-refractivity contribution is 5.89. The van der Waals surface area contributed by atoms with Gasteiger partial charge in [-0.15, -0.1) is 6.58 Å². The molecule has 2 aromatic carbocycles. The second-order valence-corrected chi connectivity index (χ2v) is 4.24. The SMILES string of the molecule is C=C[C@@H](c1ccccc1)c1ccc(C(=O)OC)cc1. The van der Waals surface area contributed by atoms with Gasteiger partial charge in [0.1, 0.15) is 0 Å². The van der Waals surface area contributed by atoms with E-state index in [2.05, 4.69) is 23.4 Å². The van der Waals surface area contributed by atoms with E-state index in [1.807, 2.05) is 36.4 Å². The summed E-state index contributed by atoms with van der Waals surface area (Å²) in [6, 6.07) is 17.6. The molecule has 2 nitrogen and oxygen atoms in total. The molecule has 0 aliphatic heterocycles. The Labute approximate surface area is 113 Å². The van der Waals surface area contributed by atoms with Crippen molar-refractivity contribution in [2.75, 3.05) is 7.11 Å². The molecule has 0 fully saturated rings. The van der Waals surface area contributed by atoms with Crippen LogP contribution in [0, 0.1) is 0 Å². The number of ether oxygens (including phenoxy) is 1. The first-order valence-corrected chi connectivity index (χ1v) is 6.12. The van der Waals surface area contributed by atoms with Crippen molar-refractivity contribution in [2.24, 2.45) is 0 Å². The van der Waals surface area contributed by atoms with Crippen molar-refractivity contribution in [3.05, 3.63) is 83.9 Å². The molecule has 0 heterocycles. The number of rotatable bonds is 4. The van der Waals surface area contributed by atoms with Crippen LogP contribution in [0.3, 0.4) is 0 Å². The molecule has 0 spiro atoms. The quantitative estimate of drug-likeness (QED) is 0.611. The highest BCUT2D eigenvalue weighted by Crippen LogP contribution is 2.25. The lowest BCUT2D eigenvalue weighted by Gasteiger charge is -2.13. The van der Waals surface area contributed by atoms with Gasteiger partial charge in [0.25, 0.3) is 0 Å². The van der Waals surface area contributed by atoms with Gasteiger partial charge in [-0.25, -0.2) is 4.79 Å². The molecular formula is C17H16O2. The molecule has 0 N–H and O–H groups in total. The van der Waals surface area contributed by atoms with Gasteiger partial charge in [-0.1, -0.05) is 48.5 Å². The molecule has 0 aromatic heterocycles. The molecule has 0 saturated heterocycles. The first kappa shape index (κ1) is 13.1. The number of allylic oxidation sites excluding steroid dienone is 1. The minimum atomic E-state index is -0.318. The Balaban J connectivity index is 2.30. The third kappa shape index (κ3) is 2.91. The zero-order valence-electron chi connectivity index (χ0n) is 10.9. The molecule has 2 aromatic rings. The van der Waals surface area contributed by atoms with Crippen LogP contribution in [-0.2, 0) is 4.74 Å². The molecule has 19 heavy (non-hydrogen) atoms. The zero-order valence-corrected chi connectivity index (χ0v) is 10.9. The van der Waals surface area contributed by atoms with E-state index in [0.29, 0.717) is 5.56 Å². The normalized spacial score (nSPS) is 11.6. The van der Waals surface area contributed by atoms with Crippen LogP contribution in [0.4, 0.5) is 0 Å². The van der Waals surface area contributed by atoms with Crippen molar-refractivity contribution in [3.8, 4) is 0 Å². The number of methoxy groups -OCH3 is 1. The van der Waals surface area contributed by atoms with Crippen LogP contribution in [0.5, 0.6) is 0 Å². The predicted molar refractivity (Wildman–Crippen MR) is 76.3 cm³/mol. The van der Waals surface area contributed by atoms with E-state index < -0.39 is 0 Å². The summed E-state index contributed by atoms with van der Waals surface area (Å²) in [5.74, 6) is -0.186. The van der Waals surface area contributed by atoms with Crippen LogP contribution in [0.1, 0.15) is 27.4 Å². The maximum absolute atomic E-state index is 11.4. The molecule has 0 saturated carbocycles. The van der Waals surface area contributed by atoms with E-state index in [1.54, 1.807) is 12.1 Å². The topological polar surface area (TPSA) is 26.3 Å². The Bertz CT molecular complexity index is 556. The lowest BCUT2D eigenvalue weighted by Crippen LogP contribution is -2.02. The summed E-state index contributed by atoms with van der Waals surface area (Å²) in [5.41, 5.74) is 2.85. The maximum Gasteiger partial charge on any atom is 0.337 e. The number of benzene rings is 2. The third-order valence-corrected chi connectivity index (χ3v) is 3.09. The van der Waals surface area contributed by atoms with E-state index >= 15 is 0 Å². The number of hydrogen-bond acceptors (Lipinski definition) is 2. The second-order valence-electron chi connectivity index (χ2n) is 4.24. The van der Waals surface area contributed by atoms with Gasteiger partial charge in [0.15, 0.2) is 0 Å². The predicted octanol–water partition coefficient (Wildman–Crippen LogP) is 3.79. The highest BCUT2D eigenvalue weighted by atomic mass is 16.5. The van der Waals surface area contributed by atoms with Gasteiger partial charge in [0.05, 0.1) is 12.7 Å². The second kappa shape index (κ2) is 6.01. The molecule has 0 unspecified atom stereocenters. The summed E-state index contributed by atoms with van der Waals surface area (Å²) in [5, 5.41) is 0. The first-order chi connectivity index (χ1) is 9.26. The molecule has 0 bridgehead atoms. The summed E-state index contributed by atoms with van der Waals surface area (Å²) in [7, 11) is 1.38. The molecular weight excluding hydrogens is 236 g/mol. The monoisotopic (exact) mass is 252 g/mol. The van der Waals surface area contributed by atoms with Crippen LogP contribution in [0.2, 0.25) is 0 Å². The third-order valence-electron chi connectivity index (χ3n) is 3.09. The lowest BCUT2D eigenvalue weighted by molar-refractivity contribution is 0.0600. The van der Waals surface area contributed by atoms with Gasteiger partial charge in [-0.3, -0.25) is 0 Å². The fraction of sp³-hybridized carbons (Fsp3) is 0.118. The number of carbonyl (C=O) groups is 1. The number of esters is 1. The summed E-state index contributed by atoms with van der Waals surface area (Å²) in [6.07, 6.45) is 1.91. The van der Waals surface area contributed by atoms with Gasteiger partial charge in [0.2, 0.25) is 0 Å². The Morgan fingerprint density at radius 1 is 1.05 bits per heavy atom. The number of hydrogen-bond donors (Lipinski definition) is 0. The fourth-order valence-electron chi connectivity index (χ4n) is 2.07. The van der Waals surface area contributed by atoms with Crippen LogP contribution < -0.4 is 0 Å². The van der Waals surface area contributed by atoms with Crippen molar-refractivity contribution in [3.63, 3.8) is 0 Å². The molecule has 96 valence electrons. The van der Waals surface area contributed by atoms with E-state index in [4.69, 9.17) is 0 Å². The van der Waals surface area contributed by atoms with Crippen molar-refractivity contribution in [1.82, 2.24) is 0 Å². The highest BCUT2D eigenvalue weighted by Gasteiger charge is 2.11. The van der Waals surface area contributed by atoms with Crippen LogP contribution in [-0.4, -0.2) is 13.1 Å². The Kier molecular flexibility index (Phi) is 4.14. The minimum absolute atomic E-state index is 0.132. The fourth-order valence-corrected chi connectivity index (χ4v) is 2.07. The minimum Gasteiger partial charge on any atom is -0.465 e. The summed E-state index contributed by atoms with van der Waals surface area (Å²) >= 11 is 0. The van der Waals surface area contributed by atoms with Gasteiger partial charge >= 0.3 is 5.97 Å². The molecule has 2 rings (SSSR count). The molecule has 1 atom stereocenters. The Hall–Kier alpha value is -2.35. The smallest absolute Gasteiger partial charge is 0.337 e. The van der Waals surface area contributed by atoms with Crippen molar-refractivity contribution < 1.29 is 9.53 Å². The van der Waals surface area contributed by atoms with Crippen molar-refractivity contribution in [2.45, 2.75) is 5.92 Å². The summed E-state index contributed by atoms with van der Waals surface area (Å²) < 4.78 is 4.69. The Morgan fingerprint density at radius 3 is 2.16 bits per heavy atom. The average molecular weight is 252 g/mol. The lowest BCUT2D eigenvalue weighted by atomic mass is 9.91. The molecule has 0 aliphatic carbocycles. The first-order valence-electron chi connectivity index (χ1n) is 6.12. The largest absolute Gasteiger partial charge is 0.465 e. The van der Waals surface area contributed by atoms with E-state index in [9.17, 15) is 4.79 Å². The van der Waals surface area contributed by atoms with Gasteiger partial charge in [0, 0.05) is 5.92 Å². The van der Waals surface area contributed by atoms with Crippen molar-refractivity contribution in [1.29, 1.82) is 0 Å². The van der Waals surface area contributed by atoms with Gasteiger partial charge in [-0.2, -0.15) is 0 Å². The van der Waals surface area contributed by atoms with Crippen LogP contribution in [0.15, 0.2) is 67.3 Å². The maximum atomic E-state index is 11.4. The van der Waals surface area contributed by atoms with E-state index in [-0.39, 0.29) is 11.9 Å². The number of carbonyl (C=O) groups excluding carboxylic acids is 1. The standard InChI is InChI=1S/C17H16O2/c1-3-16(13-7-5-4-6-8-13)14-9-11-15(12-10-14)17(18)19-2/h3-12,16H,1H2,2H3/t16-/m0/s1. The average Bonchev–Trinajstić information content (AvgIpc) is 2.49. The van der Waals surface area contributed by atoms with Crippen LogP contribution in [0.25, 0.3) is 0 Å². The van der Waals surface area contributed by atoms with Gasteiger partial charge < -0.3 is 4.74 Å². The molecule has 2 heteroatoms. The van der Waals surface area contributed by atoms with E-state index in [1.165, 1.54) is 12.7 Å². The van der Waals surface area contributed by atoms with Crippen molar-refractivity contribution >= 4 is 5.97 Å². The summed E-state index contributed by atoms with van der Waals surface area (Å²) in [4.78, 5) is 11.4. The Morgan fingerprint density at radius 2 is 1.63 bits per heavy atom. The summed E-state index contributed by atoms with van der Waals surface area (Å²) in [6.45, 7) is 3.90. The zero-order chi connectivity index (χ0) is 13.7. The molecule has 0 aliphatic rings.